The zero-order valence-electron chi connectivity index (χ0n) is 14.0. The van der Waals surface area contributed by atoms with Gasteiger partial charge in [-0.05, 0) is 30.7 Å². The van der Waals surface area contributed by atoms with Crippen LogP contribution in [0.3, 0.4) is 0 Å². The molecule has 6 heteroatoms. The maximum absolute atomic E-state index is 12.4. The van der Waals surface area contributed by atoms with Gasteiger partial charge in [-0.3, -0.25) is 4.98 Å². The predicted molar refractivity (Wildman–Crippen MR) is 94.8 cm³/mol. The van der Waals surface area contributed by atoms with Crippen LogP contribution in [-0.2, 0) is 0 Å². The molecule has 0 radical (unpaired) electrons. The van der Waals surface area contributed by atoms with E-state index in [-0.39, 0.29) is 6.03 Å². The lowest BCUT2D eigenvalue weighted by atomic mass is 10.2. The van der Waals surface area contributed by atoms with Crippen molar-refractivity contribution in [2.45, 2.75) is 6.92 Å². The van der Waals surface area contributed by atoms with Gasteiger partial charge in [-0.2, -0.15) is 0 Å². The largest absolute Gasteiger partial charge is 0.495 e. The second kappa shape index (κ2) is 7.21. The zero-order valence-corrected chi connectivity index (χ0v) is 14.0. The number of piperazine rings is 1. The standard InChI is InChI=1S/C18H22N4O2/c1-14-13-19-8-7-15(14)20-18(23)22-11-9-21(10-12-22)16-5-3-4-6-17(16)24-2/h3-8,13H,9-12H2,1-2H3,(H,19,20,23). The van der Waals surface area contributed by atoms with Crippen LogP contribution in [0.1, 0.15) is 5.56 Å². The van der Waals surface area contributed by atoms with Crippen molar-refractivity contribution in [2.75, 3.05) is 43.5 Å². The molecule has 0 aliphatic carbocycles. The van der Waals surface area contributed by atoms with Gasteiger partial charge in [0.1, 0.15) is 5.75 Å². The van der Waals surface area contributed by atoms with E-state index in [0.29, 0.717) is 13.1 Å². The Balaban J connectivity index is 1.61. The molecule has 1 fully saturated rings. The van der Waals surface area contributed by atoms with Crippen molar-refractivity contribution >= 4 is 17.4 Å². The number of nitrogens with zero attached hydrogens (tertiary/aromatic N) is 3. The fourth-order valence-corrected chi connectivity index (χ4v) is 2.85. The number of pyridine rings is 1. The molecule has 2 amide bonds. The molecular formula is C18H22N4O2. The smallest absolute Gasteiger partial charge is 0.321 e. The average Bonchev–Trinajstić information content (AvgIpc) is 2.63. The summed E-state index contributed by atoms with van der Waals surface area (Å²) in [4.78, 5) is 20.6. The number of anilines is 2. The van der Waals surface area contributed by atoms with Crippen LogP contribution in [0, 0.1) is 6.92 Å². The first-order valence-corrected chi connectivity index (χ1v) is 8.03. The topological polar surface area (TPSA) is 57.7 Å². The summed E-state index contributed by atoms with van der Waals surface area (Å²) in [6.45, 7) is 4.84. The fraction of sp³-hybridized carbons (Fsp3) is 0.333. The lowest BCUT2D eigenvalue weighted by Gasteiger charge is -2.36. The molecule has 1 N–H and O–H groups in total. The van der Waals surface area contributed by atoms with E-state index in [2.05, 4.69) is 21.3 Å². The third-order valence-electron chi connectivity index (χ3n) is 4.25. The van der Waals surface area contributed by atoms with Gasteiger partial charge in [-0.1, -0.05) is 12.1 Å². The number of para-hydroxylation sites is 2. The lowest BCUT2D eigenvalue weighted by molar-refractivity contribution is 0.208. The van der Waals surface area contributed by atoms with Crippen LogP contribution >= 0.6 is 0 Å². The van der Waals surface area contributed by atoms with Gasteiger partial charge in [0.25, 0.3) is 0 Å². The molecule has 126 valence electrons. The van der Waals surface area contributed by atoms with Crippen LogP contribution < -0.4 is 15.0 Å². The third-order valence-corrected chi connectivity index (χ3v) is 4.25. The van der Waals surface area contributed by atoms with E-state index >= 15 is 0 Å². The summed E-state index contributed by atoms with van der Waals surface area (Å²) in [5.41, 5.74) is 2.84. The van der Waals surface area contributed by atoms with Crippen LogP contribution in [0.25, 0.3) is 0 Å². The van der Waals surface area contributed by atoms with Gasteiger partial charge in [0.15, 0.2) is 0 Å². The van der Waals surface area contributed by atoms with E-state index in [1.54, 1.807) is 19.5 Å². The summed E-state index contributed by atoms with van der Waals surface area (Å²) in [6.07, 6.45) is 3.43. The van der Waals surface area contributed by atoms with Gasteiger partial charge in [0, 0.05) is 44.3 Å². The quantitative estimate of drug-likeness (QED) is 0.942. The monoisotopic (exact) mass is 326 g/mol. The van der Waals surface area contributed by atoms with Crippen LogP contribution in [0.5, 0.6) is 5.75 Å². The first-order chi connectivity index (χ1) is 11.7. The number of benzene rings is 1. The van der Waals surface area contributed by atoms with Crippen molar-refractivity contribution < 1.29 is 9.53 Å². The molecule has 2 aromatic rings. The second-order valence-electron chi connectivity index (χ2n) is 5.77. The van der Waals surface area contributed by atoms with Crippen LogP contribution in [0.2, 0.25) is 0 Å². The van der Waals surface area contributed by atoms with E-state index in [9.17, 15) is 4.79 Å². The van der Waals surface area contributed by atoms with Gasteiger partial charge < -0.3 is 19.9 Å². The minimum Gasteiger partial charge on any atom is -0.495 e. The number of aryl methyl sites for hydroxylation is 1. The first-order valence-electron chi connectivity index (χ1n) is 8.03. The predicted octanol–water partition coefficient (Wildman–Crippen LogP) is 2.75. The number of nitrogens with one attached hydrogen (secondary N) is 1. The van der Waals surface area contributed by atoms with E-state index in [1.165, 1.54) is 0 Å². The highest BCUT2D eigenvalue weighted by Gasteiger charge is 2.23. The number of carbonyl (C=O) groups is 1. The van der Waals surface area contributed by atoms with Gasteiger partial charge in [0.05, 0.1) is 12.8 Å². The number of urea groups is 1. The molecule has 3 rings (SSSR count). The highest BCUT2D eigenvalue weighted by atomic mass is 16.5. The summed E-state index contributed by atoms with van der Waals surface area (Å²) in [5, 5.41) is 2.96. The zero-order chi connectivity index (χ0) is 16.9. The lowest BCUT2D eigenvalue weighted by Crippen LogP contribution is -2.50. The second-order valence-corrected chi connectivity index (χ2v) is 5.77. The Labute approximate surface area is 142 Å². The molecule has 1 aromatic heterocycles. The number of carbonyl (C=O) groups excluding carboxylic acids is 1. The fourth-order valence-electron chi connectivity index (χ4n) is 2.85. The highest BCUT2D eigenvalue weighted by molar-refractivity contribution is 5.90. The van der Waals surface area contributed by atoms with Gasteiger partial charge in [-0.15, -0.1) is 0 Å². The molecule has 0 atom stereocenters. The molecule has 0 bridgehead atoms. The third kappa shape index (κ3) is 3.42. The maximum atomic E-state index is 12.4. The van der Waals surface area contributed by atoms with Crippen molar-refractivity contribution in [2.24, 2.45) is 0 Å². The molecule has 1 aliphatic heterocycles. The van der Waals surface area contributed by atoms with Crippen molar-refractivity contribution in [1.29, 1.82) is 0 Å². The average molecular weight is 326 g/mol. The van der Waals surface area contributed by atoms with Gasteiger partial charge in [-0.25, -0.2) is 4.79 Å². The van der Waals surface area contributed by atoms with Gasteiger partial charge >= 0.3 is 6.03 Å². The van der Waals surface area contributed by atoms with E-state index < -0.39 is 0 Å². The Bertz CT molecular complexity index is 712. The van der Waals surface area contributed by atoms with Crippen molar-refractivity contribution in [1.82, 2.24) is 9.88 Å². The van der Waals surface area contributed by atoms with Crippen molar-refractivity contribution in [3.8, 4) is 5.75 Å². The summed E-state index contributed by atoms with van der Waals surface area (Å²) >= 11 is 0. The number of ether oxygens (including phenoxy) is 1. The number of methoxy groups -OCH3 is 1. The number of hydrogen-bond acceptors (Lipinski definition) is 4. The Morgan fingerprint density at radius 3 is 2.62 bits per heavy atom. The molecule has 6 nitrogen and oxygen atoms in total. The van der Waals surface area contributed by atoms with Crippen molar-refractivity contribution in [3.63, 3.8) is 0 Å². The molecule has 2 heterocycles. The first kappa shape index (κ1) is 16.1. The molecule has 1 aromatic carbocycles. The minimum absolute atomic E-state index is 0.0658. The highest BCUT2D eigenvalue weighted by Crippen LogP contribution is 2.28. The molecule has 1 saturated heterocycles. The summed E-state index contributed by atoms with van der Waals surface area (Å²) in [7, 11) is 1.68. The molecule has 1 aliphatic rings. The molecule has 0 saturated carbocycles. The molecule has 24 heavy (non-hydrogen) atoms. The van der Waals surface area contributed by atoms with Crippen LogP contribution in [-0.4, -0.2) is 49.2 Å². The SMILES string of the molecule is COc1ccccc1N1CCN(C(=O)Nc2ccncc2C)CC1. The minimum atomic E-state index is -0.0658. The Hall–Kier alpha value is -2.76. The van der Waals surface area contributed by atoms with E-state index in [4.69, 9.17) is 4.74 Å². The van der Waals surface area contributed by atoms with Crippen LogP contribution in [0.15, 0.2) is 42.7 Å². The van der Waals surface area contributed by atoms with Gasteiger partial charge in [0.2, 0.25) is 0 Å². The van der Waals surface area contributed by atoms with E-state index in [1.807, 2.05) is 36.1 Å². The Morgan fingerprint density at radius 1 is 1.17 bits per heavy atom. The molecular weight excluding hydrogens is 304 g/mol. The number of amides is 2. The molecule has 0 unspecified atom stereocenters. The number of rotatable bonds is 3. The van der Waals surface area contributed by atoms with Crippen LogP contribution in [0.4, 0.5) is 16.2 Å². The maximum Gasteiger partial charge on any atom is 0.321 e. The molecule has 0 spiro atoms. The normalized spacial score (nSPS) is 14.4. The number of hydrogen-bond donors (Lipinski definition) is 1. The Morgan fingerprint density at radius 2 is 1.92 bits per heavy atom. The summed E-state index contributed by atoms with van der Waals surface area (Å²) < 4.78 is 5.42. The number of aromatic nitrogens is 1. The summed E-state index contributed by atoms with van der Waals surface area (Å²) in [5.74, 6) is 0.864. The van der Waals surface area contributed by atoms with Crippen molar-refractivity contribution in [3.05, 3.63) is 48.3 Å². The summed E-state index contributed by atoms with van der Waals surface area (Å²) in [6, 6.07) is 9.73. The Kier molecular flexibility index (Phi) is 4.84. The van der Waals surface area contributed by atoms with E-state index in [0.717, 1.165) is 35.8 Å².